The molecule has 2 rings (SSSR count). The van der Waals surface area contributed by atoms with Gasteiger partial charge >= 0.3 is 6.03 Å². The van der Waals surface area contributed by atoms with Gasteiger partial charge in [-0.3, -0.25) is 0 Å². The van der Waals surface area contributed by atoms with Crippen LogP contribution in [0.5, 0.6) is 0 Å². The van der Waals surface area contributed by atoms with Gasteiger partial charge in [0, 0.05) is 38.1 Å². The molecule has 0 aliphatic rings. The molecule has 2 atom stereocenters. The molecule has 23 heavy (non-hydrogen) atoms. The largest absolute Gasteiger partial charge is 0.396 e. The Bertz CT molecular complexity index is 613. The maximum absolute atomic E-state index is 11.9. The van der Waals surface area contributed by atoms with E-state index in [4.69, 9.17) is 5.11 Å². The van der Waals surface area contributed by atoms with Gasteiger partial charge in [-0.25, -0.2) is 9.78 Å². The van der Waals surface area contributed by atoms with Gasteiger partial charge in [0.25, 0.3) is 0 Å². The fourth-order valence-electron chi connectivity index (χ4n) is 2.17. The van der Waals surface area contributed by atoms with Crippen LogP contribution in [0, 0.1) is 5.92 Å². The predicted molar refractivity (Wildman–Crippen MR) is 88.9 cm³/mol. The van der Waals surface area contributed by atoms with Crippen molar-refractivity contribution >= 4 is 6.03 Å². The van der Waals surface area contributed by atoms with Crippen molar-refractivity contribution in [1.29, 1.82) is 0 Å². The summed E-state index contributed by atoms with van der Waals surface area (Å²) in [5.41, 5.74) is 2.20. The van der Waals surface area contributed by atoms with E-state index >= 15 is 0 Å². The van der Waals surface area contributed by atoms with Crippen molar-refractivity contribution in [3.63, 3.8) is 0 Å². The Labute approximate surface area is 136 Å². The fraction of sp³-hybridized carbons (Fsp3) is 0.412. The van der Waals surface area contributed by atoms with Gasteiger partial charge in [0.2, 0.25) is 0 Å². The lowest BCUT2D eigenvalue weighted by Crippen LogP contribution is -2.43. The van der Waals surface area contributed by atoms with E-state index < -0.39 is 0 Å². The van der Waals surface area contributed by atoms with E-state index in [0.717, 1.165) is 17.7 Å². The summed E-state index contributed by atoms with van der Waals surface area (Å²) in [5, 5.41) is 14.8. The van der Waals surface area contributed by atoms with Crippen molar-refractivity contribution in [3.05, 3.63) is 54.1 Å². The molecular formula is C17H24N4O2. The monoisotopic (exact) mass is 316 g/mol. The molecule has 1 aromatic carbocycles. The van der Waals surface area contributed by atoms with Crippen molar-refractivity contribution < 1.29 is 9.90 Å². The van der Waals surface area contributed by atoms with Crippen molar-refractivity contribution in [2.75, 3.05) is 6.61 Å². The molecule has 1 heterocycles. The van der Waals surface area contributed by atoms with Crippen LogP contribution in [0.2, 0.25) is 0 Å². The van der Waals surface area contributed by atoms with Crippen LogP contribution in [0.4, 0.5) is 4.79 Å². The molecule has 6 heteroatoms. The molecule has 3 N–H and O–H groups in total. The highest BCUT2D eigenvalue weighted by Crippen LogP contribution is 2.07. The first-order valence-corrected chi connectivity index (χ1v) is 7.77. The number of nitrogens with zero attached hydrogens (tertiary/aromatic N) is 2. The quantitative estimate of drug-likeness (QED) is 0.728. The second kappa shape index (κ2) is 8.33. The van der Waals surface area contributed by atoms with Crippen LogP contribution in [0.15, 0.2) is 43.0 Å². The van der Waals surface area contributed by atoms with Gasteiger partial charge in [-0.1, -0.05) is 31.2 Å². The molecule has 6 nitrogen and oxygen atoms in total. The van der Waals surface area contributed by atoms with Crippen LogP contribution in [0.3, 0.4) is 0 Å². The summed E-state index contributed by atoms with van der Waals surface area (Å²) in [7, 11) is 0. The third kappa shape index (κ3) is 5.41. The summed E-state index contributed by atoms with van der Waals surface area (Å²) in [6, 6.07) is 7.79. The topological polar surface area (TPSA) is 79.2 Å². The molecular weight excluding hydrogens is 292 g/mol. The van der Waals surface area contributed by atoms with Crippen LogP contribution < -0.4 is 10.6 Å². The van der Waals surface area contributed by atoms with E-state index in [1.54, 1.807) is 12.5 Å². The normalized spacial score (nSPS) is 13.3. The maximum atomic E-state index is 11.9. The van der Waals surface area contributed by atoms with Crippen LogP contribution in [-0.4, -0.2) is 33.3 Å². The number of amides is 2. The highest BCUT2D eigenvalue weighted by Gasteiger charge is 2.13. The molecule has 2 amide bonds. The zero-order valence-corrected chi connectivity index (χ0v) is 13.6. The predicted octanol–water partition coefficient (Wildman–Crippen LogP) is 1.75. The first-order chi connectivity index (χ1) is 11.1. The molecule has 0 radical (unpaired) electrons. The van der Waals surface area contributed by atoms with Crippen molar-refractivity contribution in [1.82, 2.24) is 20.2 Å². The Morgan fingerprint density at radius 2 is 2.13 bits per heavy atom. The Hall–Kier alpha value is -2.34. The number of hydrogen-bond acceptors (Lipinski definition) is 3. The SMILES string of the molecule is CC(CO)C(C)NC(=O)NCc1cccc(Cn2ccnc2)c1. The van der Waals surface area contributed by atoms with Crippen molar-refractivity contribution in [2.24, 2.45) is 5.92 Å². The van der Waals surface area contributed by atoms with Gasteiger partial charge in [0.15, 0.2) is 0 Å². The minimum absolute atomic E-state index is 0.0271. The highest BCUT2D eigenvalue weighted by atomic mass is 16.3. The Morgan fingerprint density at radius 3 is 2.83 bits per heavy atom. The summed E-state index contributed by atoms with van der Waals surface area (Å²) in [6.07, 6.45) is 5.45. The number of hydrogen-bond donors (Lipinski definition) is 3. The van der Waals surface area contributed by atoms with E-state index in [2.05, 4.69) is 27.8 Å². The average Bonchev–Trinajstić information content (AvgIpc) is 3.05. The first-order valence-electron chi connectivity index (χ1n) is 7.77. The Balaban J connectivity index is 1.84. The van der Waals surface area contributed by atoms with E-state index in [9.17, 15) is 4.79 Å². The van der Waals surface area contributed by atoms with Gasteiger partial charge in [0.05, 0.1) is 6.33 Å². The van der Waals surface area contributed by atoms with E-state index in [1.165, 1.54) is 0 Å². The number of aliphatic hydroxyl groups is 1. The number of nitrogens with one attached hydrogen (secondary N) is 2. The number of benzene rings is 1. The summed E-state index contributed by atoms with van der Waals surface area (Å²) in [5.74, 6) is 0.0271. The lowest BCUT2D eigenvalue weighted by molar-refractivity contribution is 0.200. The zero-order chi connectivity index (χ0) is 16.7. The van der Waals surface area contributed by atoms with Crippen LogP contribution >= 0.6 is 0 Å². The summed E-state index contributed by atoms with van der Waals surface area (Å²) >= 11 is 0. The smallest absolute Gasteiger partial charge is 0.315 e. The molecule has 0 aliphatic heterocycles. The van der Waals surface area contributed by atoms with Crippen LogP contribution in [0.25, 0.3) is 0 Å². The third-order valence-electron chi connectivity index (χ3n) is 3.87. The third-order valence-corrected chi connectivity index (χ3v) is 3.87. The molecule has 0 saturated carbocycles. The van der Waals surface area contributed by atoms with Crippen molar-refractivity contribution in [3.8, 4) is 0 Å². The van der Waals surface area contributed by atoms with Crippen LogP contribution in [0.1, 0.15) is 25.0 Å². The number of rotatable bonds is 7. The summed E-state index contributed by atoms with van der Waals surface area (Å²) < 4.78 is 2.00. The number of imidazole rings is 1. The Morgan fingerprint density at radius 1 is 1.35 bits per heavy atom. The maximum Gasteiger partial charge on any atom is 0.315 e. The molecule has 2 unspecified atom stereocenters. The average molecular weight is 316 g/mol. The van der Waals surface area contributed by atoms with E-state index in [0.29, 0.717) is 6.54 Å². The first kappa shape index (κ1) is 17.0. The van der Waals surface area contributed by atoms with Gasteiger partial charge in [-0.05, 0) is 24.0 Å². The second-order valence-corrected chi connectivity index (χ2v) is 5.83. The number of carbonyl (C=O) groups excluding carboxylic acids is 1. The lowest BCUT2D eigenvalue weighted by Gasteiger charge is -2.19. The Kier molecular flexibility index (Phi) is 6.17. The summed E-state index contributed by atoms with van der Waals surface area (Å²) in [6.45, 7) is 5.05. The molecule has 2 aromatic rings. The van der Waals surface area contributed by atoms with E-state index in [-0.39, 0.29) is 24.6 Å². The fourth-order valence-corrected chi connectivity index (χ4v) is 2.17. The van der Waals surface area contributed by atoms with Gasteiger partial charge < -0.3 is 20.3 Å². The number of urea groups is 1. The van der Waals surface area contributed by atoms with Gasteiger partial charge in [-0.15, -0.1) is 0 Å². The molecule has 0 bridgehead atoms. The van der Waals surface area contributed by atoms with Crippen LogP contribution in [-0.2, 0) is 13.1 Å². The molecule has 124 valence electrons. The summed E-state index contributed by atoms with van der Waals surface area (Å²) in [4.78, 5) is 15.9. The van der Waals surface area contributed by atoms with Crippen molar-refractivity contribution in [2.45, 2.75) is 33.0 Å². The molecule has 1 aromatic heterocycles. The van der Waals surface area contributed by atoms with Gasteiger partial charge in [-0.2, -0.15) is 0 Å². The molecule has 0 spiro atoms. The van der Waals surface area contributed by atoms with E-state index in [1.807, 2.05) is 36.7 Å². The van der Waals surface area contributed by atoms with Gasteiger partial charge in [0.1, 0.15) is 0 Å². The minimum atomic E-state index is -0.224. The zero-order valence-electron chi connectivity index (χ0n) is 13.6. The molecule has 0 fully saturated rings. The number of aliphatic hydroxyl groups excluding tert-OH is 1. The second-order valence-electron chi connectivity index (χ2n) is 5.83. The number of aromatic nitrogens is 2. The lowest BCUT2D eigenvalue weighted by atomic mass is 10.1. The number of carbonyl (C=O) groups is 1. The standard InChI is InChI=1S/C17H24N4O2/c1-13(11-22)14(2)20-17(23)19-9-15-4-3-5-16(8-15)10-21-7-6-18-12-21/h3-8,12-14,22H,9-11H2,1-2H3,(H2,19,20,23). The molecule has 0 saturated heterocycles. The minimum Gasteiger partial charge on any atom is -0.396 e. The molecule has 0 aliphatic carbocycles. The highest BCUT2D eigenvalue weighted by molar-refractivity contribution is 5.74.